The van der Waals surface area contributed by atoms with Crippen LogP contribution in [0.2, 0.25) is 0 Å². The number of hydrogen-bond donors (Lipinski definition) is 1. The summed E-state index contributed by atoms with van der Waals surface area (Å²) in [5.41, 5.74) is 1.27. The van der Waals surface area contributed by atoms with Gasteiger partial charge >= 0.3 is 5.97 Å². The van der Waals surface area contributed by atoms with Crippen LogP contribution in [0.4, 0.5) is 0 Å². The first-order valence-corrected chi connectivity index (χ1v) is 5.36. The predicted molar refractivity (Wildman–Crippen MR) is 62.8 cm³/mol. The summed E-state index contributed by atoms with van der Waals surface area (Å²) >= 11 is 0. The Morgan fingerprint density at radius 1 is 1.47 bits per heavy atom. The molecular weight excluding hydrogens is 218 g/mol. The highest BCUT2D eigenvalue weighted by atomic mass is 16.5. The number of aryl methyl sites for hydroxylation is 1. The zero-order valence-electron chi connectivity index (χ0n) is 10.1. The van der Waals surface area contributed by atoms with Gasteiger partial charge in [-0.1, -0.05) is 19.9 Å². The van der Waals surface area contributed by atoms with Crippen LogP contribution in [0.1, 0.15) is 25.0 Å². The van der Waals surface area contributed by atoms with Gasteiger partial charge in [-0.05, 0) is 24.6 Å². The summed E-state index contributed by atoms with van der Waals surface area (Å²) < 4.78 is 5.46. The number of benzene rings is 1. The largest absolute Gasteiger partial charge is 0.478 e. The zero-order valence-corrected chi connectivity index (χ0v) is 10.1. The number of hydrogen-bond acceptors (Lipinski definition) is 3. The van der Waals surface area contributed by atoms with Gasteiger partial charge in [-0.3, -0.25) is 0 Å². The number of rotatable bonds is 4. The Kier molecular flexibility index (Phi) is 4.11. The molecule has 0 fully saturated rings. The molecule has 0 saturated carbocycles. The van der Waals surface area contributed by atoms with Gasteiger partial charge in [0, 0.05) is 5.92 Å². The van der Waals surface area contributed by atoms with Gasteiger partial charge in [0.2, 0.25) is 0 Å². The standard InChI is InChI=1S/C13H15NO3/c1-8(2)12(13(15)16)17-11-6-10(7-14)5-4-9(11)3/h4-6,8,12H,1-3H3,(H,15,16). The third-order valence-corrected chi connectivity index (χ3v) is 2.42. The SMILES string of the molecule is Cc1ccc(C#N)cc1OC(C(=O)O)C(C)C. The maximum Gasteiger partial charge on any atom is 0.345 e. The lowest BCUT2D eigenvalue weighted by atomic mass is 10.1. The van der Waals surface area contributed by atoms with Crippen LogP contribution in [0, 0.1) is 24.2 Å². The van der Waals surface area contributed by atoms with E-state index in [9.17, 15) is 4.79 Å². The van der Waals surface area contributed by atoms with Gasteiger partial charge in [0.05, 0.1) is 11.6 Å². The Morgan fingerprint density at radius 3 is 2.59 bits per heavy atom. The summed E-state index contributed by atoms with van der Waals surface area (Å²) in [7, 11) is 0. The van der Waals surface area contributed by atoms with E-state index in [0.717, 1.165) is 5.56 Å². The number of carboxylic acids is 1. The molecule has 0 aliphatic heterocycles. The van der Waals surface area contributed by atoms with Crippen LogP contribution in [-0.2, 0) is 4.79 Å². The third kappa shape index (κ3) is 3.22. The number of nitriles is 1. The highest BCUT2D eigenvalue weighted by Crippen LogP contribution is 2.22. The molecule has 0 radical (unpaired) electrons. The first-order valence-electron chi connectivity index (χ1n) is 5.36. The molecular formula is C13H15NO3. The molecule has 1 N–H and O–H groups in total. The number of carbonyl (C=O) groups is 1. The van der Waals surface area contributed by atoms with E-state index in [1.54, 1.807) is 32.0 Å². The van der Waals surface area contributed by atoms with Crippen molar-refractivity contribution in [2.24, 2.45) is 5.92 Å². The molecule has 0 amide bonds. The average molecular weight is 233 g/mol. The maximum atomic E-state index is 11.0. The minimum absolute atomic E-state index is 0.141. The Hall–Kier alpha value is -2.02. The molecule has 0 aliphatic rings. The smallest absolute Gasteiger partial charge is 0.345 e. The van der Waals surface area contributed by atoms with Crippen molar-refractivity contribution in [1.82, 2.24) is 0 Å². The molecule has 17 heavy (non-hydrogen) atoms. The minimum atomic E-state index is -0.998. The molecule has 4 heteroatoms. The summed E-state index contributed by atoms with van der Waals surface area (Å²) in [5.74, 6) is -0.690. The van der Waals surface area contributed by atoms with Crippen molar-refractivity contribution < 1.29 is 14.6 Å². The highest BCUT2D eigenvalue weighted by Gasteiger charge is 2.24. The normalized spacial score (nSPS) is 11.9. The molecule has 1 aromatic carbocycles. The van der Waals surface area contributed by atoms with Crippen LogP contribution in [0.5, 0.6) is 5.75 Å². The first kappa shape index (κ1) is 13.0. The summed E-state index contributed by atoms with van der Waals surface area (Å²) in [5, 5.41) is 17.8. The molecule has 0 saturated heterocycles. The molecule has 0 aromatic heterocycles. The Morgan fingerprint density at radius 2 is 2.12 bits per heavy atom. The molecule has 0 spiro atoms. The lowest BCUT2D eigenvalue weighted by Crippen LogP contribution is -2.32. The molecule has 0 heterocycles. The molecule has 90 valence electrons. The summed E-state index contributed by atoms with van der Waals surface area (Å²) in [6, 6.07) is 6.98. The van der Waals surface area contributed by atoms with Crippen LogP contribution in [-0.4, -0.2) is 17.2 Å². The summed E-state index contributed by atoms with van der Waals surface area (Å²) in [6.07, 6.45) is -0.900. The Bertz CT molecular complexity index is 460. The van der Waals surface area contributed by atoms with Crippen molar-refractivity contribution in [3.63, 3.8) is 0 Å². The zero-order chi connectivity index (χ0) is 13.0. The second-order valence-corrected chi connectivity index (χ2v) is 4.21. The Balaban J connectivity index is 3.01. The van der Waals surface area contributed by atoms with Crippen molar-refractivity contribution in [3.05, 3.63) is 29.3 Å². The van der Waals surface area contributed by atoms with Crippen LogP contribution < -0.4 is 4.74 Å². The van der Waals surface area contributed by atoms with Crippen LogP contribution in [0.3, 0.4) is 0 Å². The highest BCUT2D eigenvalue weighted by molar-refractivity contribution is 5.73. The quantitative estimate of drug-likeness (QED) is 0.866. The summed E-state index contributed by atoms with van der Waals surface area (Å²) in [6.45, 7) is 5.38. The summed E-state index contributed by atoms with van der Waals surface area (Å²) in [4.78, 5) is 11.0. The van der Waals surface area contributed by atoms with Crippen LogP contribution in [0.25, 0.3) is 0 Å². The average Bonchev–Trinajstić information content (AvgIpc) is 2.27. The first-order chi connectivity index (χ1) is 7.95. The van der Waals surface area contributed by atoms with Crippen molar-refractivity contribution in [2.45, 2.75) is 26.9 Å². The number of ether oxygens (including phenoxy) is 1. The van der Waals surface area contributed by atoms with Gasteiger partial charge in [-0.15, -0.1) is 0 Å². The molecule has 1 atom stereocenters. The van der Waals surface area contributed by atoms with E-state index in [4.69, 9.17) is 15.1 Å². The minimum Gasteiger partial charge on any atom is -0.478 e. The predicted octanol–water partition coefficient (Wildman–Crippen LogP) is 2.35. The topological polar surface area (TPSA) is 70.3 Å². The van der Waals surface area contributed by atoms with Gasteiger partial charge in [0.25, 0.3) is 0 Å². The fraction of sp³-hybridized carbons (Fsp3) is 0.385. The molecule has 1 rings (SSSR count). The van der Waals surface area contributed by atoms with Crippen molar-refractivity contribution >= 4 is 5.97 Å². The molecule has 0 aliphatic carbocycles. The van der Waals surface area contributed by atoms with E-state index in [-0.39, 0.29) is 5.92 Å². The van der Waals surface area contributed by atoms with Gasteiger partial charge in [-0.25, -0.2) is 4.79 Å². The second-order valence-electron chi connectivity index (χ2n) is 4.21. The molecule has 1 aromatic rings. The lowest BCUT2D eigenvalue weighted by molar-refractivity contribution is -0.147. The van der Waals surface area contributed by atoms with Gasteiger partial charge in [0.1, 0.15) is 5.75 Å². The van der Waals surface area contributed by atoms with Crippen LogP contribution >= 0.6 is 0 Å². The van der Waals surface area contributed by atoms with Crippen molar-refractivity contribution in [1.29, 1.82) is 5.26 Å². The Labute approximate surface area is 100 Å². The lowest BCUT2D eigenvalue weighted by Gasteiger charge is -2.19. The van der Waals surface area contributed by atoms with E-state index >= 15 is 0 Å². The molecule has 0 bridgehead atoms. The number of aliphatic carboxylic acids is 1. The number of carboxylic acid groups (broad SMARTS) is 1. The van der Waals surface area contributed by atoms with Gasteiger partial charge < -0.3 is 9.84 Å². The van der Waals surface area contributed by atoms with Gasteiger partial charge in [0.15, 0.2) is 6.10 Å². The maximum absolute atomic E-state index is 11.0. The van der Waals surface area contributed by atoms with E-state index in [2.05, 4.69) is 0 Å². The second kappa shape index (κ2) is 5.35. The number of nitrogens with zero attached hydrogens (tertiary/aromatic N) is 1. The van der Waals surface area contributed by atoms with E-state index in [0.29, 0.717) is 11.3 Å². The van der Waals surface area contributed by atoms with E-state index < -0.39 is 12.1 Å². The fourth-order valence-electron chi connectivity index (χ4n) is 1.41. The van der Waals surface area contributed by atoms with Crippen molar-refractivity contribution in [3.8, 4) is 11.8 Å². The fourth-order valence-corrected chi connectivity index (χ4v) is 1.41. The molecule has 1 unspecified atom stereocenters. The third-order valence-electron chi connectivity index (χ3n) is 2.42. The van der Waals surface area contributed by atoms with Crippen LogP contribution in [0.15, 0.2) is 18.2 Å². The van der Waals surface area contributed by atoms with E-state index in [1.807, 2.05) is 13.0 Å². The molecule has 4 nitrogen and oxygen atoms in total. The monoisotopic (exact) mass is 233 g/mol. The van der Waals surface area contributed by atoms with E-state index in [1.165, 1.54) is 0 Å². The van der Waals surface area contributed by atoms with Crippen molar-refractivity contribution in [2.75, 3.05) is 0 Å². The van der Waals surface area contributed by atoms with Gasteiger partial charge in [-0.2, -0.15) is 5.26 Å².